The molecule has 1 amide bonds. The first-order valence-electron chi connectivity index (χ1n) is 8.90. The minimum atomic E-state index is -0.630. The number of nitrogens with zero attached hydrogens (tertiary/aromatic N) is 1. The first kappa shape index (κ1) is 19.6. The van der Waals surface area contributed by atoms with E-state index in [4.69, 9.17) is 5.73 Å². The number of primary amides is 1. The van der Waals surface area contributed by atoms with Gasteiger partial charge in [0.05, 0.1) is 5.69 Å². The Kier molecular flexibility index (Phi) is 5.80. The number of pyridine rings is 1. The molecule has 0 spiro atoms. The van der Waals surface area contributed by atoms with Crippen molar-refractivity contribution in [1.29, 1.82) is 0 Å². The minimum Gasteiger partial charge on any atom is -0.366 e. The van der Waals surface area contributed by atoms with Crippen LogP contribution in [-0.2, 0) is 6.54 Å². The normalized spacial score (nSPS) is 12.0. The minimum absolute atomic E-state index is 0.0297. The Morgan fingerprint density at radius 1 is 1.14 bits per heavy atom. The first-order valence-corrected chi connectivity index (χ1v) is 8.90. The molecule has 0 fully saturated rings. The molecule has 0 saturated carbocycles. The molecule has 28 heavy (non-hydrogen) atoms. The molecule has 0 aliphatic heterocycles. The van der Waals surface area contributed by atoms with Gasteiger partial charge in [0.15, 0.2) is 0 Å². The number of nitrogens with one attached hydrogen (secondary N) is 1. The van der Waals surface area contributed by atoms with E-state index in [2.05, 4.69) is 10.3 Å². The van der Waals surface area contributed by atoms with Gasteiger partial charge in [0.2, 0.25) is 5.91 Å². The number of rotatable bonds is 6. The summed E-state index contributed by atoms with van der Waals surface area (Å²) < 4.78 is 29.2. The van der Waals surface area contributed by atoms with Crippen LogP contribution in [0.15, 0.2) is 54.7 Å². The van der Waals surface area contributed by atoms with Crippen LogP contribution in [-0.4, -0.2) is 10.9 Å². The Bertz CT molecular complexity index is 983. The van der Waals surface area contributed by atoms with Crippen molar-refractivity contribution in [1.82, 2.24) is 10.3 Å². The second-order valence-corrected chi connectivity index (χ2v) is 6.67. The van der Waals surface area contributed by atoms with Gasteiger partial charge in [-0.3, -0.25) is 9.78 Å². The maximum Gasteiger partial charge on any atom is 0.248 e. The van der Waals surface area contributed by atoms with Crippen LogP contribution in [0.1, 0.15) is 40.1 Å². The number of benzene rings is 2. The van der Waals surface area contributed by atoms with Crippen LogP contribution in [0, 0.1) is 18.6 Å². The smallest absolute Gasteiger partial charge is 0.248 e. The third-order valence-electron chi connectivity index (χ3n) is 4.68. The highest BCUT2D eigenvalue weighted by Crippen LogP contribution is 2.28. The first-order chi connectivity index (χ1) is 13.4. The van der Waals surface area contributed by atoms with Gasteiger partial charge >= 0.3 is 0 Å². The van der Waals surface area contributed by atoms with Crippen molar-refractivity contribution >= 4 is 5.91 Å². The Labute approximate surface area is 162 Å². The average molecular weight is 381 g/mol. The van der Waals surface area contributed by atoms with Crippen molar-refractivity contribution in [3.63, 3.8) is 0 Å². The predicted octanol–water partition coefficient (Wildman–Crippen LogP) is 4.28. The van der Waals surface area contributed by atoms with E-state index in [1.54, 1.807) is 31.3 Å². The molecule has 0 radical (unpaired) electrons. The fraction of sp³-hybridized carbons (Fsp3) is 0.182. The SMILES string of the molecule is Cc1cc(C(N)=O)ccc1-c1cc(F)c(CN[C@H](C)c2ccccn2)c(F)c1. The van der Waals surface area contributed by atoms with Gasteiger partial charge in [-0.2, -0.15) is 0 Å². The lowest BCUT2D eigenvalue weighted by Crippen LogP contribution is -2.20. The Balaban J connectivity index is 1.82. The highest BCUT2D eigenvalue weighted by atomic mass is 19.1. The monoisotopic (exact) mass is 381 g/mol. The van der Waals surface area contributed by atoms with E-state index < -0.39 is 17.5 Å². The summed E-state index contributed by atoms with van der Waals surface area (Å²) in [6, 6.07) is 12.8. The zero-order chi connectivity index (χ0) is 20.3. The van der Waals surface area contributed by atoms with Crippen molar-refractivity contribution < 1.29 is 13.6 Å². The molecule has 0 unspecified atom stereocenters. The van der Waals surface area contributed by atoms with Crippen molar-refractivity contribution in [3.05, 3.63) is 88.7 Å². The zero-order valence-corrected chi connectivity index (χ0v) is 15.7. The number of aromatic nitrogens is 1. The Morgan fingerprint density at radius 2 is 1.86 bits per heavy atom. The lowest BCUT2D eigenvalue weighted by Gasteiger charge is -2.15. The van der Waals surface area contributed by atoms with Crippen LogP contribution in [0.4, 0.5) is 8.78 Å². The maximum atomic E-state index is 14.6. The summed E-state index contributed by atoms with van der Waals surface area (Å²) in [5.41, 5.74) is 8.15. The summed E-state index contributed by atoms with van der Waals surface area (Å²) in [4.78, 5) is 15.5. The Morgan fingerprint density at radius 3 is 2.43 bits per heavy atom. The fourth-order valence-electron chi connectivity index (χ4n) is 3.06. The summed E-state index contributed by atoms with van der Waals surface area (Å²) in [6.07, 6.45) is 1.68. The summed E-state index contributed by atoms with van der Waals surface area (Å²) in [7, 11) is 0. The average Bonchev–Trinajstić information content (AvgIpc) is 2.67. The molecular formula is C22H21F2N3O. The topological polar surface area (TPSA) is 68.0 Å². The molecule has 144 valence electrons. The van der Waals surface area contributed by atoms with Gasteiger partial charge in [0.1, 0.15) is 11.6 Å². The Hall–Kier alpha value is -3.12. The molecule has 4 nitrogen and oxygen atoms in total. The second kappa shape index (κ2) is 8.27. The molecule has 3 N–H and O–H groups in total. The van der Waals surface area contributed by atoms with Crippen LogP contribution in [0.25, 0.3) is 11.1 Å². The third-order valence-corrected chi connectivity index (χ3v) is 4.68. The highest BCUT2D eigenvalue weighted by Gasteiger charge is 2.15. The standard InChI is InChI=1S/C22H21F2N3O/c1-13-9-15(22(25)28)6-7-17(13)16-10-19(23)18(20(24)11-16)12-27-14(2)21-5-3-4-8-26-21/h3-11,14,27H,12H2,1-2H3,(H2,25,28)/t14-/m1/s1. The van der Waals surface area contributed by atoms with Crippen molar-refractivity contribution in [2.75, 3.05) is 0 Å². The second-order valence-electron chi connectivity index (χ2n) is 6.67. The molecule has 0 saturated heterocycles. The third kappa shape index (κ3) is 4.23. The van der Waals surface area contributed by atoms with Gasteiger partial charge in [-0.05, 0) is 66.9 Å². The zero-order valence-electron chi connectivity index (χ0n) is 15.7. The molecule has 2 aromatic carbocycles. The summed E-state index contributed by atoms with van der Waals surface area (Å²) in [5.74, 6) is -1.81. The number of hydrogen-bond acceptors (Lipinski definition) is 3. The number of nitrogens with two attached hydrogens (primary N) is 1. The van der Waals surface area contributed by atoms with E-state index >= 15 is 0 Å². The van der Waals surface area contributed by atoms with E-state index in [0.29, 0.717) is 22.3 Å². The molecule has 1 heterocycles. The van der Waals surface area contributed by atoms with Crippen LogP contribution in [0.3, 0.4) is 0 Å². The highest BCUT2D eigenvalue weighted by molar-refractivity contribution is 5.93. The van der Waals surface area contributed by atoms with E-state index in [9.17, 15) is 13.6 Å². The van der Waals surface area contributed by atoms with Crippen molar-refractivity contribution in [2.24, 2.45) is 5.73 Å². The van der Waals surface area contributed by atoms with Crippen LogP contribution < -0.4 is 11.1 Å². The molecular weight excluding hydrogens is 360 g/mol. The number of halogens is 2. The van der Waals surface area contributed by atoms with Gasteiger partial charge in [-0.1, -0.05) is 12.1 Å². The van der Waals surface area contributed by atoms with Gasteiger partial charge in [0, 0.05) is 29.9 Å². The lowest BCUT2D eigenvalue weighted by molar-refractivity contribution is 0.1000. The molecule has 1 atom stereocenters. The van der Waals surface area contributed by atoms with Gasteiger partial charge < -0.3 is 11.1 Å². The summed E-state index contributed by atoms with van der Waals surface area (Å²) >= 11 is 0. The molecule has 0 aliphatic rings. The predicted molar refractivity (Wildman–Crippen MR) is 105 cm³/mol. The molecule has 0 bridgehead atoms. The van der Waals surface area contributed by atoms with Crippen LogP contribution in [0.5, 0.6) is 0 Å². The summed E-state index contributed by atoms with van der Waals surface area (Å²) in [5, 5.41) is 3.09. The van der Waals surface area contributed by atoms with E-state index in [1.807, 2.05) is 25.1 Å². The van der Waals surface area contributed by atoms with E-state index in [1.165, 1.54) is 12.1 Å². The van der Waals surface area contributed by atoms with Gasteiger partial charge in [-0.15, -0.1) is 0 Å². The van der Waals surface area contributed by atoms with E-state index in [-0.39, 0.29) is 18.2 Å². The van der Waals surface area contributed by atoms with Crippen molar-refractivity contribution in [2.45, 2.75) is 26.4 Å². The fourth-order valence-corrected chi connectivity index (χ4v) is 3.06. The molecule has 3 rings (SSSR count). The number of carbonyl (C=O) groups is 1. The number of amides is 1. The van der Waals surface area contributed by atoms with Gasteiger partial charge in [-0.25, -0.2) is 8.78 Å². The maximum absolute atomic E-state index is 14.6. The van der Waals surface area contributed by atoms with E-state index in [0.717, 1.165) is 5.69 Å². The lowest BCUT2D eigenvalue weighted by atomic mass is 9.96. The largest absolute Gasteiger partial charge is 0.366 e. The molecule has 1 aromatic heterocycles. The van der Waals surface area contributed by atoms with Crippen LogP contribution >= 0.6 is 0 Å². The molecule has 0 aliphatic carbocycles. The van der Waals surface area contributed by atoms with Crippen molar-refractivity contribution in [3.8, 4) is 11.1 Å². The molecule has 6 heteroatoms. The number of aryl methyl sites for hydroxylation is 1. The summed E-state index contributed by atoms with van der Waals surface area (Å²) in [6.45, 7) is 3.69. The number of hydrogen-bond donors (Lipinski definition) is 2. The van der Waals surface area contributed by atoms with Crippen LogP contribution in [0.2, 0.25) is 0 Å². The molecule has 3 aromatic rings. The number of carbonyl (C=O) groups excluding carboxylic acids is 1. The quantitative estimate of drug-likeness (QED) is 0.669. The van der Waals surface area contributed by atoms with Gasteiger partial charge in [0.25, 0.3) is 0 Å².